The highest BCUT2D eigenvalue weighted by Crippen LogP contribution is 2.22. The SMILES string of the molecule is CCOCCNC(=O)c1cccc(S(=O)(=O)N(C)[C@@H]2CCN(C)C2)c1. The summed E-state index contributed by atoms with van der Waals surface area (Å²) in [4.78, 5) is 14.4. The lowest BCUT2D eigenvalue weighted by molar-refractivity contribution is 0.0922. The van der Waals surface area contributed by atoms with Gasteiger partial charge in [0.25, 0.3) is 5.91 Å². The Balaban J connectivity index is 2.09. The van der Waals surface area contributed by atoms with Crippen LogP contribution in [0.1, 0.15) is 23.7 Å². The smallest absolute Gasteiger partial charge is 0.251 e. The third kappa shape index (κ3) is 5.01. The van der Waals surface area contributed by atoms with E-state index in [-0.39, 0.29) is 16.8 Å². The third-order valence-electron chi connectivity index (χ3n) is 4.39. The van der Waals surface area contributed by atoms with Crippen LogP contribution in [0, 0.1) is 0 Å². The van der Waals surface area contributed by atoms with Gasteiger partial charge in [0.1, 0.15) is 0 Å². The second-order valence-corrected chi connectivity index (χ2v) is 8.20. The van der Waals surface area contributed by atoms with Crippen molar-refractivity contribution in [2.75, 3.05) is 46.9 Å². The van der Waals surface area contributed by atoms with Crippen molar-refractivity contribution in [3.8, 4) is 0 Å². The molecule has 7 nitrogen and oxygen atoms in total. The minimum atomic E-state index is -3.63. The highest BCUT2D eigenvalue weighted by molar-refractivity contribution is 7.89. The van der Waals surface area contributed by atoms with Crippen LogP contribution in [0.4, 0.5) is 0 Å². The molecule has 1 fully saturated rings. The summed E-state index contributed by atoms with van der Waals surface area (Å²) in [6.45, 7) is 4.89. The number of hydrogen-bond donors (Lipinski definition) is 1. The Bertz CT molecular complexity index is 693. The number of sulfonamides is 1. The van der Waals surface area contributed by atoms with Crippen LogP contribution in [0.5, 0.6) is 0 Å². The summed E-state index contributed by atoms with van der Waals surface area (Å²) in [5.41, 5.74) is 0.328. The zero-order valence-electron chi connectivity index (χ0n) is 15.1. The van der Waals surface area contributed by atoms with E-state index in [0.717, 1.165) is 13.0 Å². The van der Waals surface area contributed by atoms with E-state index in [0.29, 0.717) is 31.9 Å². The van der Waals surface area contributed by atoms with Gasteiger partial charge in [-0.3, -0.25) is 4.79 Å². The van der Waals surface area contributed by atoms with Crippen LogP contribution in [0.15, 0.2) is 29.2 Å². The summed E-state index contributed by atoms with van der Waals surface area (Å²) in [7, 11) is -0.0440. The van der Waals surface area contributed by atoms with Crippen molar-refractivity contribution in [3.05, 3.63) is 29.8 Å². The van der Waals surface area contributed by atoms with Gasteiger partial charge in [0.2, 0.25) is 10.0 Å². The van der Waals surface area contributed by atoms with E-state index in [1.54, 1.807) is 19.2 Å². The summed E-state index contributed by atoms with van der Waals surface area (Å²) in [5, 5.41) is 2.72. The number of nitrogens with one attached hydrogen (secondary N) is 1. The van der Waals surface area contributed by atoms with E-state index in [4.69, 9.17) is 4.74 Å². The third-order valence-corrected chi connectivity index (χ3v) is 6.30. The van der Waals surface area contributed by atoms with Gasteiger partial charge in [0.15, 0.2) is 0 Å². The van der Waals surface area contributed by atoms with E-state index < -0.39 is 10.0 Å². The average Bonchev–Trinajstić information content (AvgIpc) is 3.04. The largest absolute Gasteiger partial charge is 0.380 e. The van der Waals surface area contributed by atoms with Crippen LogP contribution >= 0.6 is 0 Å². The van der Waals surface area contributed by atoms with Gasteiger partial charge >= 0.3 is 0 Å². The van der Waals surface area contributed by atoms with Gasteiger partial charge in [-0.1, -0.05) is 6.07 Å². The summed E-state index contributed by atoms with van der Waals surface area (Å²) < 4.78 is 32.3. The molecule has 1 aliphatic heterocycles. The van der Waals surface area contributed by atoms with Gasteiger partial charge in [0.05, 0.1) is 11.5 Å². The van der Waals surface area contributed by atoms with Crippen molar-refractivity contribution < 1.29 is 17.9 Å². The molecular weight excluding hydrogens is 342 g/mol. The Hall–Kier alpha value is -1.48. The molecule has 1 aromatic rings. The molecule has 0 unspecified atom stereocenters. The van der Waals surface area contributed by atoms with Gasteiger partial charge in [-0.25, -0.2) is 8.42 Å². The molecule has 1 aromatic carbocycles. The number of carbonyl (C=O) groups is 1. The van der Waals surface area contributed by atoms with Gasteiger partial charge in [-0.15, -0.1) is 0 Å². The Morgan fingerprint density at radius 3 is 2.84 bits per heavy atom. The molecule has 1 N–H and O–H groups in total. The van der Waals surface area contributed by atoms with Crippen molar-refractivity contribution in [1.29, 1.82) is 0 Å². The zero-order valence-corrected chi connectivity index (χ0v) is 15.9. The van der Waals surface area contributed by atoms with Gasteiger partial charge in [-0.2, -0.15) is 4.31 Å². The molecule has 140 valence electrons. The molecule has 1 aliphatic rings. The number of likely N-dealkylation sites (N-methyl/N-ethyl adjacent to an activating group) is 2. The quantitative estimate of drug-likeness (QED) is 0.685. The minimum absolute atomic E-state index is 0.0429. The Morgan fingerprint density at radius 2 is 2.20 bits per heavy atom. The first kappa shape index (κ1) is 19.8. The minimum Gasteiger partial charge on any atom is -0.380 e. The topological polar surface area (TPSA) is 78.9 Å². The van der Waals surface area contributed by atoms with Gasteiger partial charge in [0, 0.05) is 38.3 Å². The second-order valence-electron chi connectivity index (χ2n) is 6.21. The Kier molecular flexibility index (Phi) is 6.95. The van der Waals surface area contributed by atoms with E-state index in [1.165, 1.54) is 16.4 Å². The molecule has 1 amide bonds. The molecule has 0 saturated carbocycles. The normalized spacial score (nSPS) is 18.6. The van der Waals surface area contributed by atoms with Crippen LogP contribution in [0.3, 0.4) is 0 Å². The number of rotatable bonds is 8. The fourth-order valence-corrected chi connectivity index (χ4v) is 4.28. The molecule has 0 bridgehead atoms. The highest BCUT2D eigenvalue weighted by Gasteiger charge is 2.32. The monoisotopic (exact) mass is 369 g/mol. The summed E-state index contributed by atoms with van der Waals surface area (Å²) in [5.74, 6) is -0.306. The first-order valence-corrected chi connectivity index (χ1v) is 9.93. The molecule has 1 heterocycles. The predicted octanol–water partition coefficient (Wildman–Crippen LogP) is 0.778. The first-order chi connectivity index (χ1) is 11.9. The molecule has 1 saturated heterocycles. The Labute approximate surface area is 150 Å². The molecule has 0 aromatic heterocycles. The fourth-order valence-electron chi connectivity index (χ4n) is 2.85. The summed E-state index contributed by atoms with van der Waals surface area (Å²) in [6, 6.07) is 6.12. The maximum absolute atomic E-state index is 12.9. The maximum Gasteiger partial charge on any atom is 0.251 e. The van der Waals surface area contributed by atoms with Crippen molar-refractivity contribution >= 4 is 15.9 Å². The lowest BCUT2D eigenvalue weighted by Crippen LogP contribution is -2.38. The van der Waals surface area contributed by atoms with E-state index in [9.17, 15) is 13.2 Å². The Morgan fingerprint density at radius 1 is 1.44 bits per heavy atom. The molecular formula is C17H27N3O4S. The van der Waals surface area contributed by atoms with Gasteiger partial charge < -0.3 is 15.0 Å². The summed E-state index contributed by atoms with van der Waals surface area (Å²) in [6.07, 6.45) is 0.809. The maximum atomic E-state index is 12.9. The van der Waals surface area contributed by atoms with Crippen LogP contribution in [0.2, 0.25) is 0 Å². The number of hydrogen-bond acceptors (Lipinski definition) is 5. The van der Waals surface area contributed by atoms with Crippen LogP contribution in [-0.2, 0) is 14.8 Å². The van der Waals surface area contributed by atoms with Crippen molar-refractivity contribution in [3.63, 3.8) is 0 Å². The fraction of sp³-hybridized carbons (Fsp3) is 0.588. The lowest BCUT2D eigenvalue weighted by Gasteiger charge is -2.24. The highest BCUT2D eigenvalue weighted by atomic mass is 32.2. The van der Waals surface area contributed by atoms with E-state index >= 15 is 0 Å². The molecule has 0 spiro atoms. The molecule has 0 radical (unpaired) electrons. The van der Waals surface area contributed by atoms with Crippen molar-refractivity contribution in [1.82, 2.24) is 14.5 Å². The van der Waals surface area contributed by atoms with E-state index in [1.807, 2.05) is 14.0 Å². The van der Waals surface area contributed by atoms with Crippen LogP contribution in [0.25, 0.3) is 0 Å². The molecule has 1 atom stereocenters. The number of carbonyl (C=O) groups excluding carboxylic acids is 1. The van der Waals surface area contributed by atoms with Crippen molar-refractivity contribution in [2.24, 2.45) is 0 Å². The van der Waals surface area contributed by atoms with Crippen LogP contribution < -0.4 is 5.32 Å². The lowest BCUT2D eigenvalue weighted by atomic mass is 10.2. The average molecular weight is 369 g/mol. The second kappa shape index (κ2) is 8.75. The number of benzene rings is 1. The van der Waals surface area contributed by atoms with E-state index in [2.05, 4.69) is 10.2 Å². The number of amides is 1. The molecule has 25 heavy (non-hydrogen) atoms. The number of nitrogens with zero attached hydrogens (tertiary/aromatic N) is 2. The molecule has 0 aliphatic carbocycles. The number of likely N-dealkylation sites (tertiary alicyclic amines) is 1. The molecule has 2 rings (SSSR count). The molecule has 8 heteroatoms. The van der Waals surface area contributed by atoms with Gasteiger partial charge in [-0.05, 0) is 45.1 Å². The van der Waals surface area contributed by atoms with Crippen LogP contribution in [-0.4, -0.2) is 76.5 Å². The number of ether oxygens (including phenoxy) is 1. The standard InChI is InChI=1S/C17H27N3O4S/c1-4-24-11-9-18-17(21)14-6-5-7-16(12-14)25(22,23)20(3)15-8-10-19(2)13-15/h5-7,12,15H,4,8-11,13H2,1-3H3,(H,18,21)/t15-/m1/s1. The van der Waals surface area contributed by atoms with Crippen molar-refractivity contribution in [2.45, 2.75) is 24.3 Å². The predicted molar refractivity (Wildman–Crippen MR) is 96.1 cm³/mol. The first-order valence-electron chi connectivity index (χ1n) is 8.49. The zero-order chi connectivity index (χ0) is 18.4. The summed E-state index contributed by atoms with van der Waals surface area (Å²) >= 11 is 0.